The van der Waals surface area contributed by atoms with Crippen molar-refractivity contribution in [2.24, 2.45) is 0 Å². The molecule has 2 aromatic rings. The number of benzene rings is 2. The third kappa shape index (κ3) is 3.82. The second kappa shape index (κ2) is 6.71. The van der Waals surface area contributed by atoms with Gasteiger partial charge in [0.05, 0.1) is 13.6 Å². The van der Waals surface area contributed by atoms with E-state index in [0.717, 1.165) is 5.56 Å². The van der Waals surface area contributed by atoms with Crippen molar-refractivity contribution in [3.05, 3.63) is 64.4 Å². The maximum absolute atomic E-state index is 12.4. The van der Waals surface area contributed by atoms with Gasteiger partial charge in [-0.05, 0) is 37.6 Å². The number of hydrogen-bond donors (Lipinski definition) is 0. The van der Waals surface area contributed by atoms with Crippen LogP contribution in [0.2, 0.25) is 0 Å². The summed E-state index contributed by atoms with van der Waals surface area (Å²) in [5, 5.41) is 12.3. The molecule has 3 rings (SSSR count). The number of hydroxylamine groups is 3. The van der Waals surface area contributed by atoms with Crippen molar-refractivity contribution in [2.45, 2.75) is 26.3 Å². The fourth-order valence-electron chi connectivity index (χ4n) is 3.56. The van der Waals surface area contributed by atoms with E-state index < -0.39 is 4.65 Å². The summed E-state index contributed by atoms with van der Waals surface area (Å²) in [5.41, 5.74) is 5.96. The van der Waals surface area contributed by atoms with Crippen LogP contribution in [0.5, 0.6) is 0 Å². The Morgan fingerprint density at radius 2 is 1.68 bits per heavy atom. The molecule has 1 saturated heterocycles. The molecule has 0 saturated carbocycles. The minimum absolute atomic E-state index is 0.243. The van der Waals surface area contributed by atoms with Gasteiger partial charge in [-0.25, -0.2) is 4.79 Å². The van der Waals surface area contributed by atoms with Gasteiger partial charge < -0.3 is 5.21 Å². The predicted octanol–water partition coefficient (Wildman–Crippen LogP) is 3.30. The molecule has 4 heteroatoms. The zero-order valence-corrected chi connectivity index (χ0v) is 15.5. The number of aryl methyl sites for hydroxylation is 2. The number of piperazine rings is 1. The highest BCUT2D eigenvalue weighted by Gasteiger charge is 2.39. The number of hydrogen-bond acceptors (Lipinski definition) is 3. The molecule has 0 aromatic heterocycles. The Morgan fingerprint density at radius 3 is 2.28 bits per heavy atom. The van der Waals surface area contributed by atoms with Crippen molar-refractivity contribution in [1.82, 2.24) is 4.90 Å². The van der Waals surface area contributed by atoms with Gasteiger partial charge in [-0.1, -0.05) is 53.6 Å². The summed E-state index contributed by atoms with van der Waals surface area (Å²) in [6.45, 7) is 5.19. The van der Waals surface area contributed by atoms with Crippen LogP contribution in [0.25, 0.3) is 11.1 Å². The summed E-state index contributed by atoms with van der Waals surface area (Å²) in [5.74, 6) is -0.243. The van der Waals surface area contributed by atoms with E-state index in [0.29, 0.717) is 19.5 Å². The van der Waals surface area contributed by atoms with Gasteiger partial charge >= 0.3 is 5.91 Å². The van der Waals surface area contributed by atoms with E-state index in [2.05, 4.69) is 56.3 Å². The summed E-state index contributed by atoms with van der Waals surface area (Å²) in [7, 11) is 3.39. The minimum Gasteiger partial charge on any atom is -0.625 e. The molecule has 0 spiro atoms. The Kier molecular flexibility index (Phi) is 4.78. The first kappa shape index (κ1) is 17.8. The van der Waals surface area contributed by atoms with Crippen LogP contribution in [-0.4, -0.2) is 48.7 Å². The highest BCUT2D eigenvalue weighted by atomic mass is 16.6. The first-order valence-corrected chi connectivity index (χ1v) is 8.75. The molecule has 132 valence electrons. The third-order valence-electron chi connectivity index (χ3n) is 5.10. The van der Waals surface area contributed by atoms with E-state index in [1.165, 1.54) is 29.3 Å². The monoisotopic (exact) mass is 338 g/mol. The van der Waals surface area contributed by atoms with Gasteiger partial charge in [-0.2, -0.15) is 0 Å². The maximum atomic E-state index is 12.4. The average molecular weight is 338 g/mol. The van der Waals surface area contributed by atoms with Gasteiger partial charge in [0.15, 0.2) is 0 Å². The number of carbonyl (C=O) groups is 1. The van der Waals surface area contributed by atoms with E-state index in [1.54, 1.807) is 0 Å². The molecule has 2 aromatic carbocycles. The van der Waals surface area contributed by atoms with Crippen LogP contribution in [-0.2, 0) is 11.2 Å². The predicted molar refractivity (Wildman–Crippen MR) is 101 cm³/mol. The van der Waals surface area contributed by atoms with E-state index in [4.69, 9.17) is 0 Å². The topological polar surface area (TPSA) is 43.4 Å². The van der Waals surface area contributed by atoms with Gasteiger partial charge in [-0.15, -0.1) is 0 Å². The minimum atomic E-state index is -0.768. The molecule has 1 aliphatic rings. The van der Waals surface area contributed by atoms with E-state index in [9.17, 15) is 10.0 Å². The normalized spacial score (nSPS) is 24.5. The molecule has 1 amide bonds. The Labute approximate surface area is 149 Å². The molecule has 1 heterocycles. The lowest BCUT2D eigenvalue weighted by Gasteiger charge is -2.45. The molecular formula is C21H26N2O2. The largest absolute Gasteiger partial charge is 0.625 e. The number of quaternary nitrogens is 1. The number of amides is 1. The van der Waals surface area contributed by atoms with Crippen molar-refractivity contribution in [1.29, 1.82) is 0 Å². The smallest absolute Gasteiger partial charge is 0.331 e. The Hall–Kier alpha value is -2.01. The second-order valence-corrected chi connectivity index (χ2v) is 7.44. The molecule has 0 radical (unpaired) electrons. The van der Waals surface area contributed by atoms with Crippen LogP contribution >= 0.6 is 0 Å². The van der Waals surface area contributed by atoms with Crippen molar-refractivity contribution >= 4 is 5.91 Å². The van der Waals surface area contributed by atoms with Crippen LogP contribution < -0.4 is 0 Å². The third-order valence-corrected chi connectivity index (χ3v) is 5.10. The first-order valence-electron chi connectivity index (χ1n) is 8.75. The Bertz CT molecular complexity index is 761. The highest BCUT2D eigenvalue weighted by Crippen LogP contribution is 2.24. The number of rotatable bonds is 3. The Balaban J connectivity index is 1.79. The van der Waals surface area contributed by atoms with Gasteiger partial charge in [0.1, 0.15) is 6.04 Å². The molecule has 2 unspecified atom stereocenters. The molecule has 0 N–H and O–H groups in total. The fourth-order valence-corrected chi connectivity index (χ4v) is 3.56. The SMILES string of the molecule is Cc1cc(C)cc(-c2ccc(CC3C(=O)[N+](C)([O-])CCN3C)cc2)c1. The van der Waals surface area contributed by atoms with Gasteiger partial charge in [0.2, 0.25) is 0 Å². The van der Waals surface area contributed by atoms with Crippen LogP contribution in [0.3, 0.4) is 0 Å². The molecule has 0 bridgehead atoms. The number of carbonyl (C=O) groups excluding carboxylic acids is 1. The second-order valence-electron chi connectivity index (χ2n) is 7.44. The molecule has 1 aliphatic heterocycles. The molecule has 0 aliphatic carbocycles. The van der Waals surface area contributed by atoms with Crippen molar-refractivity contribution in [3.63, 3.8) is 0 Å². The van der Waals surface area contributed by atoms with Gasteiger partial charge in [-0.3, -0.25) is 9.55 Å². The first-order chi connectivity index (χ1) is 11.8. The van der Waals surface area contributed by atoms with Crippen molar-refractivity contribution in [3.8, 4) is 11.1 Å². The van der Waals surface area contributed by atoms with Gasteiger partial charge in [0, 0.05) is 13.0 Å². The fraction of sp³-hybridized carbons (Fsp3) is 0.381. The molecule has 4 nitrogen and oxygen atoms in total. The standard InChI is InChI=1S/C21H26N2O2/c1-15-11-16(2)13-19(12-15)18-7-5-17(6-8-18)14-20-21(24)23(4,25)10-9-22(20)3/h5-8,11-13,20H,9-10,14H2,1-4H3. The molecular weight excluding hydrogens is 312 g/mol. The summed E-state index contributed by atoms with van der Waals surface area (Å²) in [6, 6.07) is 14.5. The van der Waals surface area contributed by atoms with Crippen LogP contribution in [0, 0.1) is 19.1 Å². The van der Waals surface area contributed by atoms with E-state index in [1.807, 2.05) is 11.9 Å². The number of nitrogens with zero attached hydrogens (tertiary/aromatic N) is 2. The summed E-state index contributed by atoms with van der Waals surface area (Å²) in [6.07, 6.45) is 0.582. The lowest BCUT2D eigenvalue weighted by molar-refractivity contribution is -0.788. The number of likely N-dealkylation sites (N-methyl/N-ethyl adjacent to an activating group) is 2. The lowest BCUT2D eigenvalue weighted by atomic mass is 9.97. The van der Waals surface area contributed by atoms with Crippen LogP contribution in [0.4, 0.5) is 0 Å². The Morgan fingerprint density at radius 1 is 1.08 bits per heavy atom. The zero-order valence-electron chi connectivity index (χ0n) is 15.5. The molecule has 25 heavy (non-hydrogen) atoms. The van der Waals surface area contributed by atoms with Crippen molar-refractivity contribution in [2.75, 3.05) is 27.2 Å². The van der Waals surface area contributed by atoms with E-state index in [-0.39, 0.29) is 11.9 Å². The molecule has 2 atom stereocenters. The quantitative estimate of drug-likeness (QED) is 0.637. The van der Waals surface area contributed by atoms with Crippen molar-refractivity contribution < 1.29 is 9.44 Å². The van der Waals surface area contributed by atoms with Gasteiger partial charge in [0.25, 0.3) is 0 Å². The maximum Gasteiger partial charge on any atom is 0.331 e. The van der Waals surface area contributed by atoms with Crippen LogP contribution in [0.15, 0.2) is 42.5 Å². The molecule has 1 fully saturated rings. The summed E-state index contributed by atoms with van der Waals surface area (Å²) in [4.78, 5) is 14.4. The summed E-state index contributed by atoms with van der Waals surface area (Å²) >= 11 is 0. The lowest BCUT2D eigenvalue weighted by Crippen LogP contribution is -2.62. The zero-order chi connectivity index (χ0) is 18.2. The van der Waals surface area contributed by atoms with E-state index >= 15 is 0 Å². The summed E-state index contributed by atoms with van der Waals surface area (Å²) < 4.78 is -0.768. The highest BCUT2D eigenvalue weighted by molar-refractivity contribution is 5.76. The average Bonchev–Trinajstić information content (AvgIpc) is 2.55. The van der Waals surface area contributed by atoms with Crippen LogP contribution in [0.1, 0.15) is 16.7 Å².